The highest BCUT2D eigenvalue weighted by Crippen LogP contribution is 2.44. The number of carbonyl (C=O) groups excluding carboxylic acids is 1. The number of hydrogen-bond donors (Lipinski definition) is 2. The van der Waals surface area contributed by atoms with Crippen molar-refractivity contribution in [3.05, 3.63) is 46.3 Å². The van der Waals surface area contributed by atoms with Crippen molar-refractivity contribution in [2.75, 3.05) is 47.6 Å². The van der Waals surface area contributed by atoms with Crippen LogP contribution in [0.4, 0.5) is 22.6 Å². The third-order valence-electron chi connectivity index (χ3n) is 7.11. The zero-order valence-corrected chi connectivity index (χ0v) is 24.1. The fourth-order valence-corrected chi connectivity index (χ4v) is 6.77. The van der Waals surface area contributed by atoms with Gasteiger partial charge in [-0.25, -0.2) is 0 Å². The smallest absolute Gasteiger partial charge is 0.235 e. The van der Waals surface area contributed by atoms with Crippen LogP contribution in [-0.2, 0) is 22.4 Å². The van der Waals surface area contributed by atoms with Gasteiger partial charge in [-0.15, -0.1) is 11.3 Å². The van der Waals surface area contributed by atoms with E-state index in [9.17, 15) is 10.1 Å². The summed E-state index contributed by atoms with van der Waals surface area (Å²) in [5.41, 5.74) is 2.80. The highest BCUT2D eigenvalue weighted by Gasteiger charge is 2.32. The van der Waals surface area contributed by atoms with Gasteiger partial charge in [-0.1, -0.05) is 50.7 Å². The Kier molecular flexibility index (Phi) is 8.35. The molecule has 2 aliphatic rings. The minimum Gasteiger partial charge on any atom is -0.378 e. The van der Waals surface area contributed by atoms with Crippen LogP contribution in [0.5, 0.6) is 0 Å². The minimum absolute atomic E-state index is 0.120. The van der Waals surface area contributed by atoms with E-state index in [0.717, 1.165) is 30.5 Å². The third kappa shape index (κ3) is 6.69. The van der Waals surface area contributed by atoms with E-state index in [0.29, 0.717) is 59.8 Å². The molecule has 1 fully saturated rings. The van der Waals surface area contributed by atoms with Crippen LogP contribution in [0.2, 0.25) is 0 Å². The lowest BCUT2D eigenvalue weighted by atomic mass is 9.72. The maximum atomic E-state index is 13.0. The first-order valence-electron chi connectivity index (χ1n) is 13.2. The van der Waals surface area contributed by atoms with Crippen LogP contribution < -0.4 is 15.5 Å². The first-order valence-corrected chi connectivity index (χ1v) is 15.0. The van der Waals surface area contributed by atoms with Crippen LogP contribution in [0.3, 0.4) is 0 Å². The van der Waals surface area contributed by atoms with Gasteiger partial charge in [0.1, 0.15) is 11.1 Å². The van der Waals surface area contributed by atoms with Gasteiger partial charge >= 0.3 is 0 Å². The van der Waals surface area contributed by atoms with Crippen molar-refractivity contribution in [3.8, 4) is 6.07 Å². The maximum Gasteiger partial charge on any atom is 0.235 e. The molecule has 3 heterocycles. The Balaban J connectivity index is 1.29. The van der Waals surface area contributed by atoms with E-state index in [1.165, 1.54) is 16.6 Å². The number of nitrogens with zero attached hydrogens (tertiary/aromatic N) is 5. The van der Waals surface area contributed by atoms with Crippen molar-refractivity contribution in [1.82, 2.24) is 15.0 Å². The van der Waals surface area contributed by atoms with E-state index < -0.39 is 0 Å². The lowest BCUT2D eigenvalue weighted by molar-refractivity contribution is -0.113. The Hall–Kier alpha value is -3.20. The maximum absolute atomic E-state index is 13.0. The van der Waals surface area contributed by atoms with Crippen LogP contribution in [0.1, 0.15) is 43.2 Å². The summed E-state index contributed by atoms with van der Waals surface area (Å²) in [5.74, 6) is 1.48. The topological polar surface area (TPSA) is 116 Å². The standard InChI is InChI=1S/C28H33N7O2S2/c1-28(2,3)18-9-10-20-21(16-29)24(39-22(20)15-18)31-23(36)17-38-27-33-25(30-19-7-5-4-6-8-19)32-26(34-27)35-11-13-37-14-12-35/h4-8,18H,9-15,17H2,1-3H3,(H,31,36)(H,30,32,33,34)/t18-/m0/s1. The van der Waals surface area contributed by atoms with Gasteiger partial charge in [-0.2, -0.15) is 20.2 Å². The van der Waals surface area contributed by atoms with Crippen LogP contribution in [0, 0.1) is 22.7 Å². The second-order valence-corrected chi connectivity index (χ2v) is 12.8. The molecular formula is C28H33N7O2S2. The number of anilines is 4. The Morgan fingerprint density at radius 2 is 1.97 bits per heavy atom. The fraction of sp³-hybridized carbons (Fsp3) is 0.464. The van der Waals surface area contributed by atoms with Crippen LogP contribution in [0.25, 0.3) is 0 Å². The Labute approximate surface area is 237 Å². The van der Waals surface area contributed by atoms with Gasteiger partial charge in [0, 0.05) is 23.7 Å². The van der Waals surface area contributed by atoms with Gasteiger partial charge in [0.2, 0.25) is 17.8 Å². The monoisotopic (exact) mass is 563 g/mol. The molecule has 0 radical (unpaired) electrons. The van der Waals surface area contributed by atoms with E-state index in [4.69, 9.17) is 4.74 Å². The van der Waals surface area contributed by atoms with Crippen LogP contribution in [-0.4, -0.2) is 52.9 Å². The van der Waals surface area contributed by atoms with E-state index in [2.05, 4.69) is 57.3 Å². The molecule has 0 saturated carbocycles. The molecule has 1 amide bonds. The second-order valence-electron chi connectivity index (χ2n) is 10.8. The molecular weight excluding hydrogens is 530 g/mol. The van der Waals surface area contributed by atoms with Crippen LogP contribution in [0.15, 0.2) is 35.5 Å². The first kappa shape index (κ1) is 27.4. The molecule has 9 nitrogen and oxygen atoms in total. The number of nitriles is 1. The fourth-order valence-electron chi connectivity index (χ4n) is 4.85. The van der Waals surface area contributed by atoms with E-state index in [1.807, 2.05) is 30.3 Å². The summed E-state index contributed by atoms with van der Waals surface area (Å²) in [6, 6.07) is 12.0. The van der Waals surface area contributed by atoms with E-state index in [-0.39, 0.29) is 17.1 Å². The molecule has 2 N–H and O–H groups in total. The molecule has 1 aromatic carbocycles. The average Bonchev–Trinajstić information content (AvgIpc) is 3.28. The number of hydrogen-bond acceptors (Lipinski definition) is 10. The molecule has 2 aromatic heterocycles. The SMILES string of the molecule is CC(C)(C)[C@H]1CCc2c(sc(NC(=O)CSc3nc(Nc4ccccc4)nc(N4CCOCC4)n3)c2C#N)C1. The quantitative estimate of drug-likeness (QED) is 0.371. The Morgan fingerprint density at radius 1 is 1.21 bits per heavy atom. The summed E-state index contributed by atoms with van der Waals surface area (Å²) in [5, 5.41) is 17.2. The molecule has 1 atom stereocenters. The summed E-state index contributed by atoms with van der Waals surface area (Å²) >= 11 is 2.80. The Bertz CT molecular complexity index is 1360. The summed E-state index contributed by atoms with van der Waals surface area (Å²) in [4.78, 5) is 30.1. The van der Waals surface area contributed by atoms with Gasteiger partial charge in [0.15, 0.2) is 5.16 Å². The zero-order valence-electron chi connectivity index (χ0n) is 22.5. The first-order chi connectivity index (χ1) is 18.8. The van der Waals surface area contributed by atoms with Gasteiger partial charge < -0.3 is 20.3 Å². The number of aromatic nitrogens is 3. The number of morpholine rings is 1. The molecule has 3 aromatic rings. The summed E-state index contributed by atoms with van der Waals surface area (Å²) in [6.07, 6.45) is 2.90. The predicted molar refractivity (Wildman–Crippen MR) is 156 cm³/mol. The highest BCUT2D eigenvalue weighted by molar-refractivity contribution is 7.99. The van der Waals surface area contributed by atoms with Crippen molar-refractivity contribution in [1.29, 1.82) is 5.26 Å². The average molecular weight is 564 g/mol. The second kappa shape index (κ2) is 11.9. The molecule has 0 bridgehead atoms. The molecule has 0 spiro atoms. The zero-order chi connectivity index (χ0) is 27.4. The molecule has 5 rings (SSSR count). The number of ether oxygens (including phenoxy) is 1. The molecule has 1 aliphatic carbocycles. The summed E-state index contributed by atoms with van der Waals surface area (Å²) in [6.45, 7) is 9.42. The van der Waals surface area contributed by atoms with Crippen molar-refractivity contribution in [2.45, 2.75) is 45.2 Å². The van der Waals surface area contributed by atoms with Crippen molar-refractivity contribution in [2.24, 2.45) is 11.3 Å². The van der Waals surface area contributed by atoms with Crippen molar-refractivity contribution < 1.29 is 9.53 Å². The number of thiophene rings is 1. The number of para-hydroxylation sites is 1. The normalized spacial score (nSPS) is 17.3. The summed E-state index contributed by atoms with van der Waals surface area (Å²) in [7, 11) is 0. The number of nitrogens with one attached hydrogen (secondary N) is 2. The van der Waals surface area contributed by atoms with Gasteiger partial charge in [0.25, 0.3) is 0 Å². The molecule has 0 unspecified atom stereocenters. The number of carbonyl (C=O) groups is 1. The number of benzene rings is 1. The van der Waals surface area contributed by atoms with E-state index >= 15 is 0 Å². The summed E-state index contributed by atoms with van der Waals surface area (Å²) < 4.78 is 5.48. The lowest BCUT2D eigenvalue weighted by Gasteiger charge is -2.33. The van der Waals surface area contributed by atoms with Crippen LogP contribution >= 0.6 is 23.1 Å². The molecule has 39 heavy (non-hydrogen) atoms. The number of amides is 1. The lowest BCUT2D eigenvalue weighted by Crippen LogP contribution is -2.37. The molecule has 11 heteroatoms. The Morgan fingerprint density at radius 3 is 2.69 bits per heavy atom. The highest BCUT2D eigenvalue weighted by atomic mass is 32.2. The van der Waals surface area contributed by atoms with Gasteiger partial charge in [-0.05, 0) is 48.3 Å². The molecule has 1 saturated heterocycles. The van der Waals surface area contributed by atoms with Crippen molar-refractivity contribution >= 4 is 51.6 Å². The number of rotatable bonds is 7. The largest absolute Gasteiger partial charge is 0.378 e. The molecule has 1 aliphatic heterocycles. The van der Waals surface area contributed by atoms with Crippen molar-refractivity contribution in [3.63, 3.8) is 0 Å². The van der Waals surface area contributed by atoms with Gasteiger partial charge in [0.05, 0.1) is 24.5 Å². The number of fused-ring (bicyclic) bond motifs is 1. The van der Waals surface area contributed by atoms with E-state index in [1.54, 1.807) is 11.3 Å². The predicted octanol–water partition coefficient (Wildman–Crippen LogP) is 5.27. The minimum atomic E-state index is -0.187. The molecule has 204 valence electrons. The van der Waals surface area contributed by atoms with Gasteiger partial charge in [-0.3, -0.25) is 4.79 Å². The third-order valence-corrected chi connectivity index (χ3v) is 9.13. The number of thioether (sulfide) groups is 1.